The minimum atomic E-state index is -4.68. The molecule has 1 aromatic carbocycles. The highest BCUT2D eigenvalue weighted by atomic mass is 31.2. The Balaban J connectivity index is 2.24. The molecular formula is C22H30BN2O14P. The van der Waals surface area contributed by atoms with Crippen molar-refractivity contribution in [3.63, 3.8) is 0 Å². The van der Waals surface area contributed by atoms with Crippen molar-refractivity contribution < 1.29 is 67.6 Å². The fourth-order valence-electron chi connectivity index (χ4n) is 3.20. The number of phosphoric ester groups is 1. The average molecular weight is 588 g/mol. The lowest BCUT2D eigenvalue weighted by atomic mass is 9.99. The van der Waals surface area contributed by atoms with Crippen molar-refractivity contribution in [2.45, 2.75) is 57.6 Å². The zero-order valence-electron chi connectivity index (χ0n) is 21.5. The number of amides is 2. The van der Waals surface area contributed by atoms with Crippen LogP contribution in [0.5, 0.6) is 5.75 Å². The predicted molar refractivity (Wildman–Crippen MR) is 134 cm³/mol. The molecule has 6 atom stereocenters. The van der Waals surface area contributed by atoms with Gasteiger partial charge in [-0.15, -0.1) is 0 Å². The van der Waals surface area contributed by atoms with E-state index in [9.17, 15) is 49.1 Å². The third kappa shape index (κ3) is 9.94. The van der Waals surface area contributed by atoms with E-state index in [0.29, 0.717) is 0 Å². The minimum absolute atomic E-state index is 0.0123. The average Bonchev–Trinajstić information content (AvgIpc) is 2.87. The summed E-state index contributed by atoms with van der Waals surface area (Å²) < 4.78 is 31.8. The van der Waals surface area contributed by atoms with Crippen LogP contribution >= 0.6 is 7.82 Å². The first-order valence-electron chi connectivity index (χ1n) is 11.8. The van der Waals surface area contributed by atoms with Gasteiger partial charge >= 0.3 is 13.8 Å². The molecule has 0 saturated carbocycles. The summed E-state index contributed by atoms with van der Waals surface area (Å²) in [7, 11) is 0.179. The summed E-state index contributed by atoms with van der Waals surface area (Å²) >= 11 is 0. The number of carboxylic acids is 1. The third-order valence-electron chi connectivity index (χ3n) is 5.31. The molecule has 0 aliphatic carbocycles. The van der Waals surface area contributed by atoms with E-state index in [-0.39, 0.29) is 41.8 Å². The van der Waals surface area contributed by atoms with Crippen LogP contribution < -0.4 is 15.4 Å². The first-order chi connectivity index (χ1) is 18.6. The van der Waals surface area contributed by atoms with E-state index in [1.54, 1.807) is 13.8 Å². The van der Waals surface area contributed by atoms with E-state index in [2.05, 4.69) is 15.2 Å². The summed E-state index contributed by atoms with van der Waals surface area (Å²) in [6, 6.07) is 3.75. The summed E-state index contributed by atoms with van der Waals surface area (Å²) in [5.74, 6) is -3.03. The number of carbonyl (C=O) groups excluding carboxylic acids is 3. The number of phosphoric acid groups is 1. The summed E-state index contributed by atoms with van der Waals surface area (Å²) in [5, 5.41) is 44.5. The quantitative estimate of drug-likeness (QED) is 0.0955. The molecule has 220 valence electrons. The number of aliphatic hydroxyl groups excluding tert-OH is 3. The van der Waals surface area contributed by atoms with E-state index < -0.39 is 69.3 Å². The largest absolute Gasteiger partial charge is 0.479 e. The van der Waals surface area contributed by atoms with Crippen LogP contribution in [0.4, 0.5) is 5.69 Å². The number of rotatable bonds is 14. The van der Waals surface area contributed by atoms with Crippen molar-refractivity contribution in [1.82, 2.24) is 5.32 Å². The van der Waals surface area contributed by atoms with Gasteiger partial charge in [0.1, 0.15) is 36.4 Å². The SMILES string of the molecule is [B]C(=O)COP(=O)(O)OCc1ccc(O[C@@H]2O[C@H](C(=O)O)[C@@H](O)[C@H](O)[C@H]2O)c(NC(=O)CCNC(=O)C(C)C)c1. The molecule has 1 unspecified atom stereocenters. The van der Waals surface area contributed by atoms with E-state index in [1.807, 2.05) is 0 Å². The normalized spacial score (nSPS) is 24.1. The fourth-order valence-corrected chi connectivity index (χ4v) is 3.87. The van der Waals surface area contributed by atoms with Gasteiger partial charge in [-0.25, -0.2) is 9.36 Å². The minimum Gasteiger partial charge on any atom is -0.479 e. The molecule has 1 aliphatic heterocycles. The van der Waals surface area contributed by atoms with Crippen LogP contribution in [0.3, 0.4) is 0 Å². The van der Waals surface area contributed by atoms with Gasteiger partial charge in [0.05, 0.1) is 12.3 Å². The predicted octanol–water partition coefficient (Wildman–Crippen LogP) is -1.61. The Morgan fingerprint density at radius 3 is 2.38 bits per heavy atom. The van der Waals surface area contributed by atoms with Gasteiger partial charge in [0.15, 0.2) is 14.0 Å². The number of benzene rings is 1. The van der Waals surface area contributed by atoms with Gasteiger partial charge in [-0.1, -0.05) is 19.9 Å². The van der Waals surface area contributed by atoms with Gasteiger partial charge in [0, 0.05) is 18.9 Å². The Morgan fingerprint density at radius 2 is 1.77 bits per heavy atom. The first kappa shape index (κ1) is 33.3. The molecule has 16 nitrogen and oxygen atoms in total. The van der Waals surface area contributed by atoms with Crippen molar-refractivity contribution in [2.75, 3.05) is 18.5 Å². The van der Waals surface area contributed by atoms with Crippen molar-refractivity contribution in [1.29, 1.82) is 0 Å². The molecule has 1 heterocycles. The second kappa shape index (κ2) is 14.7. The van der Waals surface area contributed by atoms with Crippen LogP contribution in [0.15, 0.2) is 18.2 Å². The Kier molecular flexibility index (Phi) is 12.2. The highest BCUT2D eigenvalue weighted by Crippen LogP contribution is 2.44. The lowest BCUT2D eigenvalue weighted by Crippen LogP contribution is -2.61. The molecule has 1 aliphatic rings. The summed E-state index contributed by atoms with van der Waals surface area (Å²) in [6.45, 7) is 1.89. The van der Waals surface area contributed by atoms with Crippen LogP contribution in [0.2, 0.25) is 0 Å². The Bertz CT molecular complexity index is 1130. The maximum absolute atomic E-state index is 12.6. The Hall–Kier alpha value is -2.89. The molecule has 1 aromatic rings. The Morgan fingerprint density at radius 1 is 1.10 bits per heavy atom. The van der Waals surface area contributed by atoms with Gasteiger partial charge < -0.3 is 50.2 Å². The monoisotopic (exact) mass is 588 g/mol. The second-order valence-electron chi connectivity index (χ2n) is 8.91. The molecule has 40 heavy (non-hydrogen) atoms. The number of hydrogen-bond donors (Lipinski definition) is 7. The zero-order chi connectivity index (χ0) is 30.2. The molecular weight excluding hydrogens is 558 g/mol. The van der Waals surface area contributed by atoms with Crippen LogP contribution in [0, 0.1) is 5.92 Å². The number of carbonyl (C=O) groups is 4. The maximum atomic E-state index is 12.6. The van der Waals surface area contributed by atoms with Crippen LogP contribution in [0.1, 0.15) is 25.8 Å². The molecule has 1 saturated heterocycles. The van der Waals surface area contributed by atoms with E-state index in [1.165, 1.54) is 18.2 Å². The third-order valence-corrected chi connectivity index (χ3v) is 6.22. The molecule has 2 rings (SSSR count). The van der Waals surface area contributed by atoms with E-state index in [0.717, 1.165) is 0 Å². The van der Waals surface area contributed by atoms with Gasteiger partial charge in [-0.3, -0.25) is 18.6 Å². The lowest BCUT2D eigenvalue weighted by Gasteiger charge is -2.38. The first-order valence-corrected chi connectivity index (χ1v) is 13.3. The zero-order valence-corrected chi connectivity index (χ0v) is 22.4. The number of aliphatic carboxylic acids is 1. The maximum Gasteiger partial charge on any atom is 0.472 e. The van der Waals surface area contributed by atoms with Gasteiger partial charge in [-0.2, -0.15) is 0 Å². The van der Waals surface area contributed by atoms with Crippen molar-refractivity contribution >= 4 is 44.8 Å². The van der Waals surface area contributed by atoms with Crippen LogP contribution in [-0.2, 0) is 44.1 Å². The van der Waals surface area contributed by atoms with E-state index in [4.69, 9.17) is 21.8 Å². The molecule has 0 bridgehead atoms. The standard InChI is InChI=1S/C22H30BN2O14P/c1-10(2)20(31)24-6-5-15(27)25-12-7-11(8-36-40(34,35)37-9-14(23)26)3-4-13(12)38-22-18(30)16(28)17(29)19(39-22)21(32)33/h3-4,7,10,16-19,22,28-30H,5-6,8-9H2,1-2H3,(H,24,31)(H,25,27)(H,32,33)(H,34,35)/t16-,17-,18+,19-,22+/m0/s1. The molecule has 18 heteroatoms. The number of hydrogen-bond acceptors (Lipinski definition) is 12. The number of nitrogens with one attached hydrogen (secondary N) is 2. The second-order valence-corrected chi connectivity index (χ2v) is 10.4. The van der Waals surface area contributed by atoms with Crippen LogP contribution in [0.25, 0.3) is 0 Å². The number of aliphatic hydroxyl groups is 3. The van der Waals surface area contributed by atoms with E-state index >= 15 is 0 Å². The van der Waals surface area contributed by atoms with Gasteiger partial charge in [0.25, 0.3) is 0 Å². The summed E-state index contributed by atoms with van der Waals surface area (Å²) in [5.41, 5.74) is -0.934. The van der Waals surface area contributed by atoms with Crippen molar-refractivity contribution in [3.8, 4) is 5.75 Å². The van der Waals surface area contributed by atoms with Gasteiger partial charge in [-0.05, 0) is 17.7 Å². The fraction of sp³-hybridized carbons (Fsp3) is 0.545. The molecule has 2 radical (unpaired) electrons. The molecule has 7 N–H and O–H groups in total. The lowest BCUT2D eigenvalue weighted by molar-refractivity contribution is -0.271. The number of carboxylic acid groups (broad SMARTS) is 1. The highest BCUT2D eigenvalue weighted by Gasteiger charge is 2.48. The number of anilines is 1. The smallest absolute Gasteiger partial charge is 0.472 e. The summed E-state index contributed by atoms with van der Waals surface area (Å²) in [4.78, 5) is 56.1. The topological polar surface area (TPSA) is 247 Å². The number of ether oxygens (including phenoxy) is 2. The van der Waals surface area contributed by atoms with Crippen molar-refractivity contribution in [2.24, 2.45) is 5.92 Å². The molecule has 0 spiro atoms. The van der Waals surface area contributed by atoms with Crippen molar-refractivity contribution in [3.05, 3.63) is 23.8 Å². The summed E-state index contributed by atoms with van der Waals surface area (Å²) in [6.07, 6.45) is -9.74. The van der Waals surface area contributed by atoms with Crippen LogP contribution in [-0.4, -0.2) is 100 Å². The molecule has 0 aromatic heterocycles. The molecule has 1 fully saturated rings. The highest BCUT2D eigenvalue weighted by molar-refractivity contribution is 7.47. The molecule has 2 amide bonds. The van der Waals surface area contributed by atoms with Gasteiger partial charge in [0.2, 0.25) is 18.1 Å². The Labute approximate surface area is 229 Å².